The van der Waals surface area contributed by atoms with Crippen molar-refractivity contribution in [3.8, 4) is 0 Å². The molecule has 1 atom stereocenters. The highest BCUT2D eigenvalue weighted by Gasteiger charge is 2.31. The molecular weight excluding hydrogens is 380 g/mol. The Kier molecular flexibility index (Phi) is 6.96. The predicted octanol–water partition coefficient (Wildman–Crippen LogP) is 1.79. The van der Waals surface area contributed by atoms with Gasteiger partial charge in [-0.15, -0.1) is 4.91 Å². The molecule has 0 fully saturated rings. The average Bonchev–Trinajstić information content (AvgIpc) is 2.73. The summed E-state index contributed by atoms with van der Waals surface area (Å²) in [6, 6.07) is 6.45. The monoisotopic (exact) mass is 400 g/mol. The Bertz CT molecular complexity index is 917. The number of ether oxygens (including phenoxy) is 1. The summed E-state index contributed by atoms with van der Waals surface area (Å²) in [6.45, 7) is 3.23. The number of nitroso groups, excluding NO2 is 1. The second-order valence-electron chi connectivity index (χ2n) is 5.96. The smallest absolute Gasteiger partial charge is 0.352 e. The van der Waals surface area contributed by atoms with Crippen molar-refractivity contribution in [1.82, 2.24) is 10.2 Å². The van der Waals surface area contributed by atoms with Crippen LogP contribution in [0.15, 0.2) is 58.1 Å². The topological polar surface area (TPSA) is 138 Å². The van der Waals surface area contributed by atoms with Crippen molar-refractivity contribution >= 4 is 23.6 Å². The van der Waals surface area contributed by atoms with Crippen LogP contribution < -0.4 is 5.32 Å². The summed E-state index contributed by atoms with van der Waals surface area (Å²) in [5, 5.41) is 14.9. The lowest BCUT2D eigenvalue weighted by molar-refractivity contribution is -0.134. The van der Waals surface area contributed by atoms with Gasteiger partial charge in [0.1, 0.15) is 17.6 Å². The molecule has 0 bridgehead atoms. The van der Waals surface area contributed by atoms with E-state index in [0.29, 0.717) is 5.56 Å². The normalized spacial score (nSPS) is 16.4. The largest absolute Gasteiger partial charge is 0.477 e. The number of allylic oxidation sites excluding steroid dienone is 1. The van der Waals surface area contributed by atoms with E-state index in [1.54, 1.807) is 38.1 Å². The zero-order chi connectivity index (χ0) is 21.6. The Morgan fingerprint density at radius 3 is 2.48 bits per heavy atom. The highest BCUT2D eigenvalue weighted by molar-refractivity contribution is 6.44. The van der Waals surface area contributed by atoms with Gasteiger partial charge in [-0.3, -0.25) is 14.7 Å². The lowest BCUT2D eigenvalue weighted by Gasteiger charge is -2.30. The summed E-state index contributed by atoms with van der Waals surface area (Å²) >= 11 is 0. The SMILES string of the molecule is C/C=C(/N=O)N1C(C(=O)O)=CC(C(=O)NCc2ccc(C(=O)OC)cc2)=N[C@@H]1C. The van der Waals surface area contributed by atoms with Gasteiger partial charge in [0, 0.05) is 12.6 Å². The number of carbonyl (C=O) groups excluding carboxylic acids is 2. The number of carbonyl (C=O) groups is 3. The number of rotatable bonds is 7. The molecule has 0 spiro atoms. The lowest BCUT2D eigenvalue weighted by atomic mass is 10.1. The summed E-state index contributed by atoms with van der Waals surface area (Å²) in [6.07, 6.45) is 1.64. The van der Waals surface area contributed by atoms with E-state index in [-0.39, 0.29) is 23.8 Å². The third kappa shape index (κ3) is 4.92. The zero-order valence-electron chi connectivity index (χ0n) is 16.1. The molecule has 0 aliphatic carbocycles. The maximum Gasteiger partial charge on any atom is 0.352 e. The van der Waals surface area contributed by atoms with Crippen molar-refractivity contribution in [2.75, 3.05) is 7.11 Å². The number of carboxylic acid groups (broad SMARTS) is 1. The molecule has 10 heteroatoms. The predicted molar refractivity (Wildman–Crippen MR) is 104 cm³/mol. The molecule has 29 heavy (non-hydrogen) atoms. The summed E-state index contributed by atoms with van der Waals surface area (Å²) in [5.41, 5.74) is 0.734. The van der Waals surface area contributed by atoms with E-state index in [1.807, 2.05) is 0 Å². The number of esters is 1. The van der Waals surface area contributed by atoms with Crippen LogP contribution in [0.1, 0.15) is 29.8 Å². The number of hydrogen-bond donors (Lipinski definition) is 2. The molecule has 2 N–H and O–H groups in total. The first-order valence-corrected chi connectivity index (χ1v) is 8.59. The molecule has 0 saturated heterocycles. The van der Waals surface area contributed by atoms with E-state index in [4.69, 9.17) is 0 Å². The van der Waals surface area contributed by atoms with Crippen LogP contribution in [0.2, 0.25) is 0 Å². The van der Waals surface area contributed by atoms with Crippen LogP contribution in [0.25, 0.3) is 0 Å². The third-order valence-electron chi connectivity index (χ3n) is 4.11. The second-order valence-corrected chi connectivity index (χ2v) is 5.96. The minimum atomic E-state index is -1.32. The van der Waals surface area contributed by atoms with E-state index in [1.165, 1.54) is 13.2 Å². The number of nitrogens with zero attached hydrogens (tertiary/aromatic N) is 3. The molecule has 0 unspecified atom stereocenters. The highest BCUT2D eigenvalue weighted by atomic mass is 16.5. The van der Waals surface area contributed by atoms with Gasteiger partial charge < -0.3 is 15.2 Å². The van der Waals surface area contributed by atoms with Crippen LogP contribution >= 0.6 is 0 Å². The summed E-state index contributed by atoms with van der Waals surface area (Å²) < 4.78 is 4.62. The molecule has 10 nitrogen and oxygen atoms in total. The lowest BCUT2D eigenvalue weighted by Crippen LogP contribution is -2.41. The number of aliphatic carboxylic acids is 1. The Labute approximate surface area is 166 Å². The second kappa shape index (κ2) is 9.40. The molecule has 1 aliphatic heterocycles. The van der Waals surface area contributed by atoms with E-state index in [0.717, 1.165) is 16.5 Å². The van der Waals surface area contributed by atoms with Gasteiger partial charge in [-0.05, 0) is 42.8 Å². The van der Waals surface area contributed by atoms with Crippen LogP contribution in [0.3, 0.4) is 0 Å². The van der Waals surface area contributed by atoms with E-state index in [9.17, 15) is 24.4 Å². The number of aliphatic imine (C=N–C) groups is 1. The summed E-state index contributed by atoms with van der Waals surface area (Å²) in [5.74, 6) is -2.47. The van der Waals surface area contributed by atoms with Gasteiger partial charge in [-0.25, -0.2) is 9.59 Å². The first kappa shape index (κ1) is 21.5. The molecule has 1 heterocycles. The fraction of sp³-hybridized carbons (Fsp3) is 0.263. The van der Waals surface area contributed by atoms with Crippen molar-refractivity contribution in [3.63, 3.8) is 0 Å². The Morgan fingerprint density at radius 1 is 1.31 bits per heavy atom. The summed E-state index contributed by atoms with van der Waals surface area (Å²) in [4.78, 5) is 51.8. The van der Waals surface area contributed by atoms with Gasteiger partial charge in [-0.2, -0.15) is 0 Å². The maximum atomic E-state index is 12.5. The van der Waals surface area contributed by atoms with Crippen molar-refractivity contribution in [2.45, 2.75) is 26.6 Å². The first-order valence-electron chi connectivity index (χ1n) is 8.59. The van der Waals surface area contributed by atoms with Crippen molar-refractivity contribution < 1.29 is 24.2 Å². The van der Waals surface area contributed by atoms with Gasteiger partial charge in [-0.1, -0.05) is 12.1 Å². The van der Waals surface area contributed by atoms with Gasteiger partial charge in [0.25, 0.3) is 5.91 Å². The van der Waals surface area contributed by atoms with Gasteiger partial charge in [0.2, 0.25) is 0 Å². The molecular formula is C19H20N4O6. The molecule has 1 aliphatic rings. The van der Waals surface area contributed by atoms with Crippen molar-refractivity contribution in [1.29, 1.82) is 0 Å². The average molecular weight is 400 g/mol. The Morgan fingerprint density at radius 2 is 1.97 bits per heavy atom. The number of amides is 1. The number of benzene rings is 1. The number of carboxylic acids is 1. The summed E-state index contributed by atoms with van der Waals surface area (Å²) in [7, 11) is 1.28. The molecule has 1 aromatic rings. The van der Waals surface area contributed by atoms with Crippen molar-refractivity contribution in [2.24, 2.45) is 10.2 Å². The van der Waals surface area contributed by atoms with Crippen LogP contribution in [-0.2, 0) is 20.9 Å². The molecule has 0 radical (unpaired) electrons. The molecule has 0 saturated carbocycles. The van der Waals surface area contributed by atoms with Gasteiger partial charge in [0.05, 0.1) is 12.7 Å². The van der Waals surface area contributed by atoms with E-state index < -0.39 is 24.0 Å². The fourth-order valence-electron chi connectivity index (χ4n) is 2.69. The zero-order valence-corrected chi connectivity index (χ0v) is 16.1. The van der Waals surface area contributed by atoms with Crippen molar-refractivity contribution in [3.05, 3.63) is 64.0 Å². The third-order valence-corrected chi connectivity index (χ3v) is 4.11. The Hall–Kier alpha value is -3.82. The standard InChI is InChI=1S/C19H20N4O6/c1-4-16(22-28)23-11(2)21-14(9-15(23)18(25)26)17(24)20-10-12-5-7-13(8-6-12)19(27)29-3/h4-9,11H,10H2,1-3H3,(H,20,24)(H,25,26)/b16-4-/t11-/m0/s1. The van der Waals surface area contributed by atoms with Crippen LogP contribution in [0.4, 0.5) is 0 Å². The molecule has 0 aromatic heterocycles. The molecule has 1 aromatic carbocycles. The minimum absolute atomic E-state index is 0.0846. The molecule has 152 valence electrons. The first-order chi connectivity index (χ1) is 13.8. The molecule has 2 rings (SSSR count). The fourth-order valence-corrected chi connectivity index (χ4v) is 2.69. The van der Waals surface area contributed by atoms with Gasteiger partial charge in [0.15, 0.2) is 5.82 Å². The molecule has 1 amide bonds. The van der Waals surface area contributed by atoms with Crippen LogP contribution in [0.5, 0.6) is 0 Å². The van der Waals surface area contributed by atoms with Crippen LogP contribution in [-0.4, -0.2) is 46.8 Å². The van der Waals surface area contributed by atoms with E-state index >= 15 is 0 Å². The quantitative estimate of drug-likeness (QED) is 0.525. The Balaban J connectivity index is 2.14. The number of nitrogens with one attached hydrogen (secondary N) is 1. The van der Waals surface area contributed by atoms with E-state index in [2.05, 4.69) is 20.2 Å². The van der Waals surface area contributed by atoms with Gasteiger partial charge >= 0.3 is 11.9 Å². The minimum Gasteiger partial charge on any atom is -0.477 e. The van der Waals surface area contributed by atoms with Crippen LogP contribution in [0, 0.1) is 4.91 Å². The highest BCUT2D eigenvalue weighted by Crippen LogP contribution is 2.23. The number of methoxy groups -OCH3 is 1. The maximum absolute atomic E-state index is 12.5. The number of hydrogen-bond acceptors (Lipinski definition) is 8.